The minimum Gasteiger partial charge on any atom is -0.330 e. The van der Waals surface area contributed by atoms with Gasteiger partial charge in [0.05, 0.1) is 15.6 Å². The molecule has 0 amide bonds. The fourth-order valence-corrected chi connectivity index (χ4v) is 3.20. The van der Waals surface area contributed by atoms with Crippen LogP contribution >= 0.6 is 34.8 Å². The lowest BCUT2D eigenvalue weighted by atomic mass is 9.89. The van der Waals surface area contributed by atoms with Crippen molar-refractivity contribution >= 4 is 34.8 Å². The molecule has 0 aromatic heterocycles. The van der Waals surface area contributed by atoms with Gasteiger partial charge in [0.25, 0.3) is 0 Å². The second kappa shape index (κ2) is 6.83. The summed E-state index contributed by atoms with van der Waals surface area (Å²) in [5.74, 6) is -0.296. The normalized spacial score (nSPS) is 19.4. The molecular formula is C15H13Cl3F3N. The SMILES string of the molecule is NCCc1cc(C2CC=C(Cl)C(Cl)=C2Cl)ccc1C(F)(F)F. The first kappa shape index (κ1) is 17.7. The molecule has 0 bridgehead atoms. The number of rotatable bonds is 3. The topological polar surface area (TPSA) is 26.0 Å². The van der Waals surface area contributed by atoms with Crippen molar-refractivity contribution < 1.29 is 13.2 Å². The smallest absolute Gasteiger partial charge is 0.330 e. The first-order valence-corrected chi connectivity index (χ1v) is 7.70. The first-order valence-electron chi connectivity index (χ1n) is 6.57. The molecule has 0 fully saturated rings. The van der Waals surface area contributed by atoms with Gasteiger partial charge in [-0.3, -0.25) is 0 Å². The maximum absolute atomic E-state index is 13.0. The largest absolute Gasteiger partial charge is 0.416 e. The van der Waals surface area contributed by atoms with Crippen LogP contribution in [0.2, 0.25) is 0 Å². The van der Waals surface area contributed by atoms with Crippen LogP contribution in [-0.4, -0.2) is 6.54 Å². The fraction of sp³-hybridized carbons (Fsp3) is 0.333. The van der Waals surface area contributed by atoms with E-state index >= 15 is 0 Å². The zero-order valence-corrected chi connectivity index (χ0v) is 13.6. The Hall–Kier alpha value is -0.680. The zero-order chi connectivity index (χ0) is 16.5. The predicted octanol–water partition coefficient (Wildman–Crippen LogP) is 5.51. The predicted molar refractivity (Wildman–Crippen MR) is 84.2 cm³/mol. The van der Waals surface area contributed by atoms with Gasteiger partial charge in [0, 0.05) is 11.0 Å². The molecule has 1 aromatic carbocycles. The molecule has 2 N–H and O–H groups in total. The van der Waals surface area contributed by atoms with Gasteiger partial charge in [0.15, 0.2) is 0 Å². The minimum absolute atomic E-state index is 0.132. The van der Waals surface area contributed by atoms with Gasteiger partial charge in [-0.2, -0.15) is 13.2 Å². The van der Waals surface area contributed by atoms with Crippen LogP contribution in [0.25, 0.3) is 0 Å². The Morgan fingerprint density at radius 3 is 2.45 bits per heavy atom. The molecule has 0 spiro atoms. The van der Waals surface area contributed by atoms with Gasteiger partial charge >= 0.3 is 6.18 Å². The summed E-state index contributed by atoms with van der Waals surface area (Å²) < 4.78 is 39.0. The van der Waals surface area contributed by atoms with Crippen LogP contribution in [0.1, 0.15) is 29.0 Å². The summed E-state index contributed by atoms with van der Waals surface area (Å²) in [5.41, 5.74) is 5.58. The Balaban J connectivity index is 2.44. The lowest BCUT2D eigenvalue weighted by Gasteiger charge is -2.22. The Bertz CT molecular complexity index is 635. The van der Waals surface area contributed by atoms with E-state index in [1.165, 1.54) is 12.1 Å². The van der Waals surface area contributed by atoms with Crippen LogP contribution in [-0.2, 0) is 12.6 Å². The average Bonchev–Trinajstić information content (AvgIpc) is 2.44. The van der Waals surface area contributed by atoms with Gasteiger partial charge in [0.1, 0.15) is 0 Å². The molecule has 0 saturated heterocycles. The standard InChI is InChI=1S/C15H13Cl3F3N/c16-12-4-2-10(13(17)14(12)18)8-1-3-11(15(19,20)21)9(7-8)5-6-22/h1,3-4,7,10H,2,5-6,22H2. The van der Waals surface area contributed by atoms with Crippen LogP contribution in [0.5, 0.6) is 0 Å². The van der Waals surface area contributed by atoms with E-state index in [-0.39, 0.29) is 29.5 Å². The van der Waals surface area contributed by atoms with Crippen molar-refractivity contribution in [2.75, 3.05) is 6.54 Å². The van der Waals surface area contributed by atoms with E-state index in [0.29, 0.717) is 22.0 Å². The molecule has 1 atom stereocenters. The van der Waals surface area contributed by atoms with Crippen molar-refractivity contribution in [1.29, 1.82) is 0 Å². The monoisotopic (exact) mass is 369 g/mol. The molecule has 1 nitrogen and oxygen atoms in total. The number of allylic oxidation sites excluding steroid dienone is 4. The lowest BCUT2D eigenvalue weighted by molar-refractivity contribution is -0.138. The van der Waals surface area contributed by atoms with Crippen LogP contribution in [0, 0.1) is 0 Å². The highest BCUT2D eigenvalue weighted by atomic mass is 35.5. The van der Waals surface area contributed by atoms with E-state index in [1.54, 1.807) is 6.08 Å². The summed E-state index contributed by atoms with van der Waals surface area (Å²) in [5, 5.41) is 0.935. The molecule has 2 rings (SSSR count). The number of nitrogens with two attached hydrogens (primary N) is 1. The van der Waals surface area contributed by atoms with Crippen LogP contribution < -0.4 is 5.73 Å². The number of benzene rings is 1. The fourth-order valence-electron chi connectivity index (χ4n) is 2.43. The molecule has 0 aliphatic heterocycles. The Morgan fingerprint density at radius 1 is 1.18 bits per heavy atom. The molecule has 0 radical (unpaired) electrons. The molecule has 1 aliphatic rings. The molecule has 120 valence electrons. The minimum atomic E-state index is -4.41. The molecule has 22 heavy (non-hydrogen) atoms. The van der Waals surface area contributed by atoms with E-state index in [9.17, 15) is 13.2 Å². The third-order valence-corrected chi connectivity index (χ3v) is 4.91. The average molecular weight is 371 g/mol. The Kier molecular flexibility index (Phi) is 5.49. The molecule has 0 heterocycles. The van der Waals surface area contributed by atoms with Gasteiger partial charge in [-0.25, -0.2) is 0 Å². The van der Waals surface area contributed by atoms with Gasteiger partial charge in [-0.05, 0) is 36.6 Å². The second-order valence-electron chi connectivity index (χ2n) is 4.96. The number of hydrogen-bond acceptors (Lipinski definition) is 1. The quantitative estimate of drug-likeness (QED) is 0.746. The van der Waals surface area contributed by atoms with Crippen molar-refractivity contribution in [1.82, 2.24) is 0 Å². The maximum Gasteiger partial charge on any atom is 0.416 e. The van der Waals surface area contributed by atoms with Gasteiger partial charge in [-0.15, -0.1) is 0 Å². The molecule has 1 unspecified atom stereocenters. The highest BCUT2D eigenvalue weighted by molar-refractivity contribution is 6.48. The Labute approximate surface area is 141 Å². The zero-order valence-electron chi connectivity index (χ0n) is 11.4. The summed E-state index contributed by atoms with van der Waals surface area (Å²) >= 11 is 18.1. The molecule has 7 heteroatoms. The molecule has 1 aromatic rings. The van der Waals surface area contributed by atoms with E-state index < -0.39 is 11.7 Å². The van der Waals surface area contributed by atoms with Crippen LogP contribution in [0.3, 0.4) is 0 Å². The summed E-state index contributed by atoms with van der Waals surface area (Å²) in [7, 11) is 0. The highest BCUT2D eigenvalue weighted by Crippen LogP contribution is 2.43. The van der Waals surface area contributed by atoms with Gasteiger partial charge in [-0.1, -0.05) is 53.0 Å². The van der Waals surface area contributed by atoms with E-state index in [0.717, 1.165) is 6.07 Å². The third-order valence-electron chi connectivity index (χ3n) is 3.51. The third kappa shape index (κ3) is 3.62. The van der Waals surface area contributed by atoms with E-state index in [4.69, 9.17) is 40.5 Å². The summed E-state index contributed by atoms with van der Waals surface area (Å²) in [4.78, 5) is 0. The number of halogens is 6. The van der Waals surface area contributed by atoms with Crippen molar-refractivity contribution in [3.8, 4) is 0 Å². The van der Waals surface area contributed by atoms with E-state index in [1.807, 2.05) is 0 Å². The molecular weight excluding hydrogens is 358 g/mol. The maximum atomic E-state index is 13.0. The van der Waals surface area contributed by atoms with Crippen molar-refractivity contribution in [2.45, 2.75) is 24.9 Å². The number of hydrogen-bond donors (Lipinski definition) is 1. The van der Waals surface area contributed by atoms with Crippen molar-refractivity contribution in [2.24, 2.45) is 5.73 Å². The van der Waals surface area contributed by atoms with Crippen LogP contribution in [0.4, 0.5) is 13.2 Å². The van der Waals surface area contributed by atoms with Crippen molar-refractivity contribution in [3.05, 3.63) is 56.1 Å². The lowest BCUT2D eigenvalue weighted by Crippen LogP contribution is -2.14. The highest BCUT2D eigenvalue weighted by Gasteiger charge is 2.34. The second-order valence-corrected chi connectivity index (χ2v) is 6.15. The summed E-state index contributed by atoms with van der Waals surface area (Å²) in [6.07, 6.45) is -2.07. The summed E-state index contributed by atoms with van der Waals surface area (Å²) in [6, 6.07) is 3.99. The van der Waals surface area contributed by atoms with Gasteiger partial charge < -0.3 is 5.73 Å². The summed E-state index contributed by atoms with van der Waals surface area (Å²) in [6.45, 7) is 0.132. The van der Waals surface area contributed by atoms with Crippen molar-refractivity contribution in [3.63, 3.8) is 0 Å². The van der Waals surface area contributed by atoms with Gasteiger partial charge in [0.2, 0.25) is 0 Å². The molecule has 1 aliphatic carbocycles. The first-order chi connectivity index (χ1) is 10.3. The molecule has 0 saturated carbocycles. The number of alkyl halides is 3. The van der Waals surface area contributed by atoms with Crippen LogP contribution in [0.15, 0.2) is 39.4 Å². The van der Waals surface area contributed by atoms with E-state index in [2.05, 4.69) is 0 Å². The Morgan fingerprint density at radius 2 is 1.86 bits per heavy atom.